The van der Waals surface area contributed by atoms with E-state index in [1.165, 1.54) is 6.07 Å². The Hall–Kier alpha value is -3.27. The van der Waals surface area contributed by atoms with Crippen molar-refractivity contribution in [3.8, 4) is 17.5 Å². The molecule has 0 fully saturated rings. The van der Waals surface area contributed by atoms with E-state index in [1.807, 2.05) is 19.9 Å². The van der Waals surface area contributed by atoms with Gasteiger partial charge < -0.3 is 9.84 Å². The van der Waals surface area contributed by atoms with Gasteiger partial charge in [0.25, 0.3) is 0 Å². The van der Waals surface area contributed by atoms with Crippen molar-refractivity contribution < 1.29 is 8.91 Å². The Balaban J connectivity index is 1.92. The SMILES string of the molecule is CC(C)C(Nc1cccc(F)c1C#N)c1nc(-c2ccncc2)no1. The van der Waals surface area contributed by atoms with Crippen LogP contribution in [0.1, 0.15) is 31.3 Å². The molecule has 1 unspecified atom stereocenters. The van der Waals surface area contributed by atoms with E-state index in [0.29, 0.717) is 17.4 Å². The van der Waals surface area contributed by atoms with Crippen LogP contribution < -0.4 is 5.32 Å². The average Bonchev–Trinajstić information content (AvgIpc) is 3.10. The number of aromatic nitrogens is 3. The predicted molar refractivity (Wildman–Crippen MR) is 89.8 cm³/mol. The first-order valence-electron chi connectivity index (χ1n) is 7.79. The molecule has 0 aliphatic rings. The van der Waals surface area contributed by atoms with Gasteiger partial charge in [-0.3, -0.25) is 4.98 Å². The van der Waals surface area contributed by atoms with Crippen LogP contribution in [-0.4, -0.2) is 15.1 Å². The summed E-state index contributed by atoms with van der Waals surface area (Å²) in [4.78, 5) is 8.39. The summed E-state index contributed by atoms with van der Waals surface area (Å²) < 4.78 is 19.2. The van der Waals surface area contributed by atoms with Crippen LogP contribution in [0.5, 0.6) is 0 Å². The largest absolute Gasteiger partial charge is 0.372 e. The fourth-order valence-corrected chi connectivity index (χ4v) is 2.42. The molecule has 126 valence electrons. The van der Waals surface area contributed by atoms with Crippen molar-refractivity contribution in [3.63, 3.8) is 0 Å². The molecule has 0 aliphatic heterocycles. The second kappa shape index (κ2) is 7.09. The summed E-state index contributed by atoms with van der Waals surface area (Å²) in [5, 5.41) is 16.3. The summed E-state index contributed by atoms with van der Waals surface area (Å²) in [5.41, 5.74) is 1.14. The van der Waals surface area contributed by atoms with Gasteiger partial charge in [0.1, 0.15) is 23.5 Å². The number of pyridine rings is 1. The highest BCUT2D eigenvalue weighted by atomic mass is 19.1. The second-order valence-corrected chi connectivity index (χ2v) is 5.83. The van der Waals surface area contributed by atoms with Crippen LogP contribution in [0.25, 0.3) is 11.4 Å². The smallest absolute Gasteiger partial charge is 0.249 e. The van der Waals surface area contributed by atoms with Crippen LogP contribution in [0.3, 0.4) is 0 Å². The summed E-state index contributed by atoms with van der Waals surface area (Å²) in [6, 6.07) is 9.53. The van der Waals surface area contributed by atoms with Gasteiger partial charge in [-0.2, -0.15) is 10.2 Å². The number of nitrogens with zero attached hydrogens (tertiary/aromatic N) is 4. The Morgan fingerprint density at radius 2 is 1.96 bits per heavy atom. The van der Waals surface area contributed by atoms with Crippen LogP contribution in [0.2, 0.25) is 0 Å². The molecule has 7 heteroatoms. The van der Waals surface area contributed by atoms with E-state index in [4.69, 9.17) is 4.52 Å². The van der Waals surface area contributed by atoms with Crippen molar-refractivity contribution in [2.75, 3.05) is 5.32 Å². The number of rotatable bonds is 5. The molecule has 0 amide bonds. The number of hydrogen-bond acceptors (Lipinski definition) is 6. The molecule has 6 nitrogen and oxygen atoms in total. The Labute approximate surface area is 144 Å². The zero-order valence-corrected chi connectivity index (χ0v) is 13.8. The van der Waals surface area contributed by atoms with E-state index >= 15 is 0 Å². The quantitative estimate of drug-likeness (QED) is 0.758. The van der Waals surface area contributed by atoms with E-state index < -0.39 is 5.82 Å². The minimum atomic E-state index is -0.571. The van der Waals surface area contributed by atoms with Crippen molar-refractivity contribution in [2.45, 2.75) is 19.9 Å². The van der Waals surface area contributed by atoms with Crippen molar-refractivity contribution in [1.82, 2.24) is 15.1 Å². The molecule has 2 aromatic heterocycles. The van der Waals surface area contributed by atoms with Crippen LogP contribution in [0, 0.1) is 23.1 Å². The monoisotopic (exact) mass is 337 g/mol. The molecule has 3 aromatic rings. The van der Waals surface area contributed by atoms with Gasteiger partial charge in [-0.1, -0.05) is 25.1 Å². The van der Waals surface area contributed by atoms with Crippen LogP contribution in [-0.2, 0) is 0 Å². The third-order valence-corrected chi connectivity index (χ3v) is 3.75. The summed E-state index contributed by atoms with van der Waals surface area (Å²) in [6.07, 6.45) is 3.30. The highest BCUT2D eigenvalue weighted by Crippen LogP contribution is 2.29. The Bertz CT molecular complexity index is 901. The molecule has 0 aliphatic carbocycles. The zero-order valence-electron chi connectivity index (χ0n) is 13.8. The van der Waals surface area contributed by atoms with Crippen molar-refractivity contribution in [3.05, 3.63) is 60.0 Å². The first-order valence-corrected chi connectivity index (χ1v) is 7.79. The molecule has 0 saturated heterocycles. The van der Waals surface area contributed by atoms with Gasteiger partial charge in [0, 0.05) is 18.0 Å². The van der Waals surface area contributed by atoms with Gasteiger partial charge in [0.05, 0.1) is 5.69 Å². The molecular weight excluding hydrogens is 321 g/mol. The molecule has 0 radical (unpaired) electrons. The Kier molecular flexibility index (Phi) is 4.70. The highest BCUT2D eigenvalue weighted by molar-refractivity contribution is 5.59. The predicted octanol–water partition coefficient (Wildman–Crippen LogP) is 3.95. The van der Waals surface area contributed by atoms with Gasteiger partial charge >= 0.3 is 0 Å². The Morgan fingerprint density at radius 3 is 2.64 bits per heavy atom. The first kappa shape index (κ1) is 16.6. The Morgan fingerprint density at radius 1 is 1.20 bits per heavy atom. The summed E-state index contributed by atoms with van der Waals surface area (Å²) in [5.74, 6) is 0.318. The molecule has 1 aromatic carbocycles. The molecule has 3 rings (SSSR count). The molecule has 0 saturated carbocycles. The number of benzene rings is 1. The molecule has 2 heterocycles. The maximum Gasteiger partial charge on any atom is 0.249 e. The van der Waals surface area contributed by atoms with Gasteiger partial charge in [-0.25, -0.2) is 4.39 Å². The molecule has 1 N–H and O–H groups in total. The third kappa shape index (κ3) is 3.48. The van der Waals surface area contributed by atoms with Gasteiger partial charge in [-0.05, 0) is 30.2 Å². The lowest BCUT2D eigenvalue weighted by Gasteiger charge is -2.20. The standard InChI is InChI=1S/C18H16FN5O/c1-11(2)16(22-15-5-3-4-14(19)13(15)10-20)18-23-17(24-25-18)12-6-8-21-9-7-12/h3-9,11,16,22H,1-2H3. The minimum Gasteiger partial charge on any atom is -0.372 e. The number of anilines is 1. The lowest BCUT2D eigenvalue weighted by molar-refractivity contribution is 0.336. The fourth-order valence-electron chi connectivity index (χ4n) is 2.42. The van der Waals surface area contributed by atoms with Gasteiger partial charge in [0.2, 0.25) is 11.7 Å². The minimum absolute atomic E-state index is 0.0398. The van der Waals surface area contributed by atoms with Crippen molar-refractivity contribution in [2.24, 2.45) is 5.92 Å². The van der Waals surface area contributed by atoms with E-state index in [9.17, 15) is 9.65 Å². The number of nitriles is 1. The summed E-state index contributed by atoms with van der Waals surface area (Å²) >= 11 is 0. The molecule has 1 atom stereocenters. The third-order valence-electron chi connectivity index (χ3n) is 3.75. The number of halogens is 1. The lowest BCUT2D eigenvalue weighted by atomic mass is 10.0. The molecular formula is C18H16FN5O. The molecule has 0 bridgehead atoms. The van der Waals surface area contributed by atoms with Crippen molar-refractivity contribution in [1.29, 1.82) is 5.26 Å². The van der Waals surface area contributed by atoms with Crippen molar-refractivity contribution >= 4 is 5.69 Å². The number of hydrogen-bond donors (Lipinski definition) is 1. The number of nitrogens with one attached hydrogen (secondary N) is 1. The average molecular weight is 337 g/mol. The zero-order chi connectivity index (χ0) is 17.8. The van der Waals surface area contributed by atoms with Crippen LogP contribution >= 0.6 is 0 Å². The highest BCUT2D eigenvalue weighted by Gasteiger charge is 2.24. The maximum absolute atomic E-state index is 13.8. The van der Waals surface area contributed by atoms with E-state index in [1.54, 1.807) is 36.7 Å². The van der Waals surface area contributed by atoms with E-state index in [0.717, 1.165) is 5.56 Å². The van der Waals surface area contributed by atoms with Gasteiger partial charge in [-0.15, -0.1) is 0 Å². The van der Waals surface area contributed by atoms with Crippen LogP contribution in [0.4, 0.5) is 10.1 Å². The topological polar surface area (TPSA) is 87.6 Å². The fraction of sp³-hybridized carbons (Fsp3) is 0.222. The maximum atomic E-state index is 13.8. The van der Waals surface area contributed by atoms with Crippen LogP contribution in [0.15, 0.2) is 47.2 Å². The molecule has 0 spiro atoms. The van der Waals surface area contributed by atoms with E-state index in [-0.39, 0.29) is 17.5 Å². The first-order chi connectivity index (χ1) is 12.1. The summed E-state index contributed by atoms with van der Waals surface area (Å²) in [7, 11) is 0. The molecule has 25 heavy (non-hydrogen) atoms. The second-order valence-electron chi connectivity index (χ2n) is 5.83. The normalized spacial score (nSPS) is 12.0. The summed E-state index contributed by atoms with van der Waals surface area (Å²) in [6.45, 7) is 3.94. The van der Waals surface area contributed by atoms with E-state index in [2.05, 4.69) is 20.4 Å². The lowest BCUT2D eigenvalue weighted by Crippen LogP contribution is -2.18. The van der Waals surface area contributed by atoms with Gasteiger partial charge in [0.15, 0.2) is 0 Å².